The van der Waals surface area contributed by atoms with Crippen molar-refractivity contribution in [3.8, 4) is 5.75 Å². The Morgan fingerprint density at radius 2 is 2.11 bits per heavy atom. The van der Waals surface area contributed by atoms with Crippen molar-refractivity contribution >= 4 is 21.8 Å². The van der Waals surface area contributed by atoms with Gasteiger partial charge in [-0.3, -0.25) is 4.79 Å². The Labute approximate surface area is 117 Å². The third kappa shape index (κ3) is 4.69. The van der Waals surface area contributed by atoms with Crippen LogP contribution < -0.4 is 10.1 Å². The van der Waals surface area contributed by atoms with Gasteiger partial charge in [0.25, 0.3) is 5.91 Å². The monoisotopic (exact) mass is 313 g/mol. The number of carbonyl (C=O) groups is 1. The second kappa shape index (κ2) is 8.14. The molecule has 4 heteroatoms. The van der Waals surface area contributed by atoms with Crippen molar-refractivity contribution in [2.45, 2.75) is 31.5 Å². The van der Waals surface area contributed by atoms with Gasteiger partial charge in [0.15, 0.2) is 0 Å². The van der Waals surface area contributed by atoms with Gasteiger partial charge in [-0.2, -0.15) is 0 Å². The van der Waals surface area contributed by atoms with E-state index < -0.39 is 0 Å². The largest absolute Gasteiger partial charge is 0.493 e. The Morgan fingerprint density at radius 3 is 2.78 bits per heavy atom. The number of nitrogens with one attached hydrogen (secondary N) is 1. The Hall–Kier alpha value is -1.03. The zero-order chi connectivity index (χ0) is 13.4. The van der Waals surface area contributed by atoms with Gasteiger partial charge in [-0.05, 0) is 25.5 Å². The number of carbonyl (C=O) groups excluding carboxylic acids is 1. The Balaban J connectivity index is 2.60. The van der Waals surface area contributed by atoms with Gasteiger partial charge >= 0.3 is 0 Å². The molecule has 1 unspecified atom stereocenters. The molecule has 1 atom stereocenters. The maximum Gasteiger partial charge on any atom is 0.255 e. The van der Waals surface area contributed by atoms with E-state index >= 15 is 0 Å². The van der Waals surface area contributed by atoms with Crippen molar-refractivity contribution in [1.29, 1.82) is 0 Å². The fourth-order valence-corrected chi connectivity index (χ4v) is 2.27. The summed E-state index contributed by atoms with van der Waals surface area (Å²) < 4.78 is 5.44. The first-order valence-corrected chi connectivity index (χ1v) is 7.24. The molecule has 0 aliphatic rings. The van der Waals surface area contributed by atoms with Crippen molar-refractivity contribution in [3.63, 3.8) is 0 Å². The standard InChI is InChI=1S/C14H20BrNO2/c1-3-7-11(15)10-16-14(17)12-8-5-6-9-13(12)18-4-2/h5-6,8-9,11H,3-4,7,10H2,1-2H3,(H,16,17). The van der Waals surface area contributed by atoms with E-state index in [2.05, 4.69) is 28.2 Å². The molecular formula is C14H20BrNO2. The SMILES string of the molecule is CCCC(Br)CNC(=O)c1ccccc1OCC. The van der Waals surface area contributed by atoms with E-state index in [9.17, 15) is 4.79 Å². The minimum atomic E-state index is -0.0837. The number of hydrogen-bond acceptors (Lipinski definition) is 2. The van der Waals surface area contributed by atoms with Crippen molar-refractivity contribution in [3.05, 3.63) is 29.8 Å². The van der Waals surface area contributed by atoms with Gasteiger partial charge < -0.3 is 10.1 Å². The third-order valence-corrected chi connectivity index (χ3v) is 3.30. The van der Waals surface area contributed by atoms with Crippen LogP contribution in [0.15, 0.2) is 24.3 Å². The lowest BCUT2D eigenvalue weighted by Gasteiger charge is -2.12. The summed E-state index contributed by atoms with van der Waals surface area (Å²) in [6.07, 6.45) is 2.15. The van der Waals surface area contributed by atoms with Crippen molar-refractivity contribution in [1.82, 2.24) is 5.32 Å². The zero-order valence-corrected chi connectivity index (χ0v) is 12.5. The van der Waals surface area contributed by atoms with Crippen LogP contribution in [0.4, 0.5) is 0 Å². The van der Waals surface area contributed by atoms with Crippen LogP contribution in [-0.2, 0) is 0 Å². The maximum atomic E-state index is 12.0. The molecule has 100 valence electrons. The second-order valence-corrected chi connectivity index (χ2v) is 5.32. The first-order chi connectivity index (χ1) is 8.69. The van der Waals surface area contributed by atoms with Crippen LogP contribution in [0.25, 0.3) is 0 Å². The highest BCUT2D eigenvalue weighted by Gasteiger charge is 2.12. The van der Waals surface area contributed by atoms with Crippen LogP contribution in [0.1, 0.15) is 37.0 Å². The predicted molar refractivity (Wildman–Crippen MR) is 77.6 cm³/mol. The summed E-state index contributed by atoms with van der Waals surface area (Å²) in [5, 5.41) is 2.92. The van der Waals surface area contributed by atoms with Crippen molar-refractivity contribution in [2.75, 3.05) is 13.2 Å². The molecule has 0 aliphatic carbocycles. The first kappa shape index (κ1) is 15.0. The Bertz CT molecular complexity index is 382. The predicted octanol–water partition coefficient (Wildman–Crippen LogP) is 3.38. The number of amides is 1. The number of benzene rings is 1. The molecule has 0 aliphatic heterocycles. The molecule has 1 rings (SSSR count). The summed E-state index contributed by atoms with van der Waals surface area (Å²) in [5.74, 6) is 0.554. The molecule has 1 aromatic carbocycles. The molecule has 3 nitrogen and oxygen atoms in total. The minimum absolute atomic E-state index is 0.0837. The van der Waals surface area contributed by atoms with E-state index in [-0.39, 0.29) is 5.91 Å². The second-order valence-electron chi connectivity index (χ2n) is 4.03. The fraction of sp³-hybridized carbons (Fsp3) is 0.500. The highest BCUT2D eigenvalue weighted by Crippen LogP contribution is 2.17. The van der Waals surface area contributed by atoms with Gasteiger partial charge in [0.05, 0.1) is 12.2 Å². The van der Waals surface area contributed by atoms with Gasteiger partial charge in [0, 0.05) is 11.4 Å². The average Bonchev–Trinajstić information content (AvgIpc) is 2.37. The zero-order valence-electron chi connectivity index (χ0n) is 10.9. The molecular weight excluding hydrogens is 294 g/mol. The smallest absolute Gasteiger partial charge is 0.255 e. The van der Waals surface area contributed by atoms with E-state index in [0.717, 1.165) is 12.8 Å². The van der Waals surface area contributed by atoms with Gasteiger partial charge in [0.2, 0.25) is 0 Å². The number of hydrogen-bond donors (Lipinski definition) is 1. The summed E-state index contributed by atoms with van der Waals surface area (Å²) in [7, 11) is 0. The summed E-state index contributed by atoms with van der Waals surface area (Å²) in [5.41, 5.74) is 0.593. The van der Waals surface area contributed by atoms with Gasteiger partial charge in [-0.25, -0.2) is 0 Å². The minimum Gasteiger partial charge on any atom is -0.493 e. The quantitative estimate of drug-likeness (QED) is 0.784. The molecule has 0 fully saturated rings. The molecule has 0 aromatic heterocycles. The first-order valence-electron chi connectivity index (χ1n) is 6.33. The molecule has 1 N–H and O–H groups in total. The van der Waals surface area contributed by atoms with Crippen LogP contribution in [-0.4, -0.2) is 23.9 Å². The Morgan fingerprint density at radius 1 is 1.39 bits per heavy atom. The number of halogens is 1. The molecule has 18 heavy (non-hydrogen) atoms. The van der Waals surface area contributed by atoms with Crippen LogP contribution in [0.3, 0.4) is 0 Å². The molecule has 0 bridgehead atoms. The van der Waals surface area contributed by atoms with E-state index in [1.165, 1.54) is 0 Å². The van der Waals surface area contributed by atoms with Gasteiger partial charge in [-0.15, -0.1) is 0 Å². The van der Waals surface area contributed by atoms with E-state index in [1.807, 2.05) is 25.1 Å². The number of alkyl halides is 1. The van der Waals surface area contributed by atoms with E-state index in [0.29, 0.717) is 29.3 Å². The molecule has 0 radical (unpaired) electrons. The van der Waals surface area contributed by atoms with Crippen molar-refractivity contribution in [2.24, 2.45) is 0 Å². The molecule has 0 saturated carbocycles. The molecule has 0 saturated heterocycles. The molecule has 0 heterocycles. The molecule has 0 spiro atoms. The van der Waals surface area contributed by atoms with E-state index in [1.54, 1.807) is 6.07 Å². The van der Waals surface area contributed by atoms with Crippen molar-refractivity contribution < 1.29 is 9.53 Å². The number of ether oxygens (including phenoxy) is 1. The Kier molecular flexibility index (Phi) is 6.80. The van der Waals surface area contributed by atoms with E-state index in [4.69, 9.17) is 4.74 Å². The maximum absolute atomic E-state index is 12.0. The third-order valence-electron chi connectivity index (χ3n) is 2.52. The lowest BCUT2D eigenvalue weighted by molar-refractivity contribution is 0.0950. The van der Waals surface area contributed by atoms with Crippen LogP contribution in [0, 0.1) is 0 Å². The van der Waals surface area contributed by atoms with Crippen LogP contribution >= 0.6 is 15.9 Å². The summed E-state index contributed by atoms with van der Waals surface area (Å²) in [6, 6.07) is 7.31. The van der Waals surface area contributed by atoms with Gasteiger partial charge in [0.1, 0.15) is 5.75 Å². The summed E-state index contributed by atoms with van der Waals surface area (Å²) in [6.45, 7) is 5.22. The number of rotatable bonds is 7. The van der Waals surface area contributed by atoms with Crippen LogP contribution in [0.5, 0.6) is 5.75 Å². The molecule has 1 aromatic rings. The van der Waals surface area contributed by atoms with Gasteiger partial charge in [-0.1, -0.05) is 41.4 Å². The molecule has 1 amide bonds. The summed E-state index contributed by atoms with van der Waals surface area (Å²) >= 11 is 3.54. The summed E-state index contributed by atoms with van der Waals surface area (Å²) in [4.78, 5) is 12.4. The average molecular weight is 314 g/mol. The number of para-hydroxylation sites is 1. The van der Waals surface area contributed by atoms with Crippen LogP contribution in [0.2, 0.25) is 0 Å². The topological polar surface area (TPSA) is 38.3 Å². The lowest BCUT2D eigenvalue weighted by Crippen LogP contribution is -2.29. The lowest BCUT2D eigenvalue weighted by atomic mass is 10.2. The highest BCUT2D eigenvalue weighted by atomic mass is 79.9. The highest BCUT2D eigenvalue weighted by molar-refractivity contribution is 9.09. The normalized spacial score (nSPS) is 11.9. The fourth-order valence-electron chi connectivity index (χ4n) is 1.65.